The van der Waals surface area contributed by atoms with Gasteiger partial charge in [-0.25, -0.2) is 4.98 Å². The van der Waals surface area contributed by atoms with Gasteiger partial charge in [-0.3, -0.25) is 4.79 Å². The number of fused-ring (bicyclic) bond motifs is 1. The number of carbonyl (C=O) groups excluding carboxylic acids is 1. The highest BCUT2D eigenvalue weighted by molar-refractivity contribution is 5.75. The zero-order valence-electron chi connectivity index (χ0n) is 15.8. The number of hydrogen-bond donors (Lipinski definition) is 1. The van der Waals surface area contributed by atoms with Crippen LogP contribution >= 0.6 is 0 Å². The van der Waals surface area contributed by atoms with E-state index in [4.69, 9.17) is 0 Å². The van der Waals surface area contributed by atoms with Crippen LogP contribution in [0, 0.1) is 0 Å². The van der Waals surface area contributed by atoms with Gasteiger partial charge in [0.25, 0.3) is 0 Å². The van der Waals surface area contributed by atoms with Gasteiger partial charge in [0.05, 0.1) is 18.3 Å². The van der Waals surface area contributed by atoms with Crippen molar-refractivity contribution in [3.05, 3.63) is 71.8 Å². The SMILES string of the molecule is CC(C)(C)c1ccc(CCCC(=O)NCc2ncc3ccccn23)cc1. The Bertz CT molecular complexity index is 872. The highest BCUT2D eigenvalue weighted by Crippen LogP contribution is 2.22. The molecule has 4 heteroatoms. The first-order valence-electron chi connectivity index (χ1n) is 9.20. The first-order chi connectivity index (χ1) is 12.4. The summed E-state index contributed by atoms with van der Waals surface area (Å²) in [4.78, 5) is 16.5. The lowest BCUT2D eigenvalue weighted by molar-refractivity contribution is -0.121. The number of aromatic nitrogens is 2. The monoisotopic (exact) mass is 349 g/mol. The maximum absolute atomic E-state index is 12.1. The molecule has 0 bridgehead atoms. The fraction of sp³-hybridized carbons (Fsp3) is 0.364. The molecule has 0 aliphatic heterocycles. The number of amides is 1. The topological polar surface area (TPSA) is 46.4 Å². The second-order valence-corrected chi connectivity index (χ2v) is 7.75. The predicted octanol–water partition coefficient (Wildman–Crippen LogP) is 4.27. The number of rotatable bonds is 6. The van der Waals surface area contributed by atoms with Gasteiger partial charge >= 0.3 is 0 Å². The van der Waals surface area contributed by atoms with E-state index in [-0.39, 0.29) is 11.3 Å². The Balaban J connectivity index is 1.44. The van der Waals surface area contributed by atoms with Crippen LogP contribution in [0.1, 0.15) is 50.6 Å². The van der Waals surface area contributed by atoms with Gasteiger partial charge in [0, 0.05) is 12.6 Å². The minimum atomic E-state index is 0.0731. The second-order valence-electron chi connectivity index (χ2n) is 7.75. The maximum atomic E-state index is 12.1. The van der Waals surface area contributed by atoms with Crippen LogP contribution in [0.5, 0.6) is 0 Å². The molecule has 1 amide bonds. The molecule has 3 aromatic rings. The van der Waals surface area contributed by atoms with Crippen LogP contribution < -0.4 is 5.32 Å². The van der Waals surface area contributed by atoms with E-state index in [9.17, 15) is 4.79 Å². The molecular formula is C22H27N3O. The lowest BCUT2D eigenvalue weighted by atomic mass is 9.86. The Morgan fingerprint density at radius 1 is 1.12 bits per heavy atom. The Labute approximate surface area is 155 Å². The summed E-state index contributed by atoms with van der Waals surface area (Å²) in [6.07, 6.45) is 6.09. The molecule has 0 spiro atoms. The summed E-state index contributed by atoms with van der Waals surface area (Å²) in [6.45, 7) is 7.11. The zero-order chi connectivity index (χ0) is 18.6. The van der Waals surface area contributed by atoms with Gasteiger partial charge < -0.3 is 9.72 Å². The van der Waals surface area contributed by atoms with Crippen LogP contribution in [0.3, 0.4) is 0 Å². The number of pyridine rings is 1. The van der Waals surface area contributed by atoms with E-state index in [2.05, 4.69) is 55.3 Å². The summed E-state index contributed by atoms with van der Waals surface area (Å²) in [7, 11) is 0. The Morgan fingerprint density at radius 2 is 1.88 bits per heavy atom. The fourth-order valence-corrected chi connectivity index (χ4v) is 3.02. The Hall–Kier alpha value is -2.62. The molecule has 26 heavy (non-hydrogen) atoms. The summed E-state index contributed by atoms with van der Waals surface area (Å²) in [6, 6.07) is 14.7. The highest BCUT2D eigenvalue weighted by atomic mass is 16.1. The first kappa shape index (κ1) is 18.2. The van der Waals surface area contributed by atoms with E-state index >= 15 is 0 Å². The Kier molecular flexibility index (Phi) is 5.40. The molecule has 0 radical (unpaired) electrons. The number of nitrogens with one attached hydrogen (secondary N) is 1. The molecule has 2 aromatic heterocycles. The van der Waals surface area contributed by atoms with E-state index < -0.39 is 0 Å². The van der Waals surface area contributed by atoms with Crippen molar-refractivity contribution in [3.8, 4) is 0 Å². The summed E-state index contributed by atoms with van der Waals surface area (Å²) >= 11 is 0. The minimum Gasteiger partial charge on any atom is -0.349 e. The van der Waals surface area contributed by atoms with Crippen LogP contribution in [0.25, 0.3) is 5.52 Å². The van der Waals surface area contributed by atoms with Crippen molar-refractivity contribution in [2.24, 2.45) is 0 Å². The van der Waals surface area contributed by atoms with Crippen molar-refractivity contribution in [3.63, 3.8) is 0 Å². The van der Waals surface area contributed by atoms with Crippen LogP contribution in [-0.4, -0.2) is 15.3 Å². The molecule has 2 heterocycles. The maximum Gasteiger partial charge on any atom is 0.220 e. The number of aryl methyl sites for hydroxylation is 1. The molecule has 0 saturated carbocycles. The fourth-order valence-electron chi connectivity index (χ4n) is 3.02. The van der Waals surface area contributed by atoms with Crippen molar-refractivity contribution < 1.29 is 4.79 Å². The average molecular weight is 349 g/mol. The van der Waals surface area contributed by atoms with Gasteiger partial charge in [-0.05, 0) is 41.5 Å². The molecular weight excluding hydrogens is 322 g/mol. The molecule has 0 fully saturated rings. The van der Waals surface area contributed by atoms with Crippen molar-refractivity contribution in [2.75, 3.05) is 0 Å². The summed E-state index contributed by atoms with van der Waals surface area (Å²) in [5, 5.41) is 2.97. The molecule has 0 atom stereocenters. The third kappa shape index (κ3) is 4.51. The molecule has 0 aliphatic rings. The van der Waals surface area contributed by atoms with Crippen LogP contribution in [-0.2, 0) is 23.2 Å². The molecule has 0 aliphatic carbocycles. The van der Waals surface area contributed by atoms with Crippen LogP contribution in [0.15, 0.2) is 54.9 Å². The lowest BCUT2D eigenvalue weighted by Crippen LogP contribution is -2.23. The minimum absolute atomic E-state index is 0.0731. The van der Waals surface area contributed by atoms with Gasteiger partial charge in [0.15, 0.2) is 0 Å². The van der Waals surface area contributed by atoms with Gasteiger partial charge in [0.2, 0.25) is 5.91 Å². The van der Waals surface area contributed by atoms with Gasteiger partial charge in [0.1, 0.15) is 5.82 Å². The van der Waals surface area contributed by atoms with Crippen molar-refractivity contribution in [1.29, 1.82) is 0 Å². The third-order valence-corrected chi connectivity index (χ3v) is 4.65. The van der Waals surface area contributed by atoms with E-state index in [1.807, 2.05) is 35.0 Å². The van der Waals surface area contributed by atoms with Gasteiger partial charge in [-0.1, -0.05) is 51.1 Å². The van der Waals surface area contributed by atoms with E-state index in [0.717, 1.165) is 24.2 Å². The second kappa shape index (κ2) is 7.73. The molecule has 4 nitrogen and oxygen atoms in total. The van der Waals surface area contributed by atoms with Crippen molar-refractivity contribution in [2.45, 2.75) is 52.0 Å². The molecule has 3 rings (SSSR count). The zero-order valence-corrected chi connectivity index (χ0v) is 15.8. The van der Waals surface area contributed by atoms with Gasteiger partial charge in [-0.2, -0.15) is 0 Å². The number of benzene rings is 1. The normalized spacial score (nSPS) is 11.7. The number of carbonyl (C=O) groups is 1. The number of imidazole rings is 1. The largest absolute Gasteiger partial charge is 0.349 e. The quantitative estimate of drug-likeness (QED) is 0.722. The summed E-state index contributed by atoms with van der Waals surface area (Å²) in [5.41, 5.74) is 3.83. The third-order valence-electron chi connectivity index (χ3n) is 4.65. The molecule has 1 N–H and O–H groups in total. The molecule has 0 unspecified atom stereocenters. The smallest absolute Gasteiger partial charge is 0.220 e. The first-order valence-corrected chi connectivity index (χ1v) is 9.20. The molecule has 1 aromatic carbocycles. The standard InChI is InChI=1S/C22H27N3O/c1-22(2,3)18-12-10-17(11-13-18)7-6-9-21(26)24-16-20-23-15-19-8-4-5-14-25(19)20/h4-5,8,10-15H,6-7,9,16H2,1-3H3,(H,24,26). The molecule has 136 valence electrons. The van der Waals surface area contributed by atoms with E-state index in [1.54, 1.807) is 0 Å². The summed E-state index contributed by atoms with van der Waals surface area (Å²) in [5.74, 6) is 0.927. The lowest BCUT2D eigenvalue weighted by Gasteiger charge is -2.19. The number of hydrogen-bond acceptors (Lipinski definition) is 2. The Morgan fingerprint density at radius 3 is 2.62 bits per heavy atom. The van der Waals surface area contributed by atoms with Crippen LogP contribution in [0.2, 0.25) is 0 Å². The van der Waals surface area contributed by atoms with Crippen LogP contribution in [0.4, 0.5) is 0 Å². The van der Waals surface area contributed by atoms with Crippen molar-refractivity contribution >= 4 is 11.4 Å². The van der Waals surface area contributed by atoms with E-state index in [0.29, 0.717) is 13.0 Å². The molecule has 0 saturated heterocycles. The number of nitrogens with zero attached hydrogens (tertiary/aromatic N) is 2. The summed E-state index contributed by atoms with van der Waals surface area (Å²) < 4.78 is 2.00. The van der Waals surface area contributed by atoms with E-state index in [1.165, 1.54) is 11.1 Å². The average Bonchev–Trinajstić information content (AvgIpc) is 3.03. The highest BCUT2D eigenvalue weighted by Gasteiger charge is 2.12. The van der Waals surface area contributed by atoms with Gasteiger partial charge in [-0.15, -0.1) is 0 Å². The van der Waals surface area contributed by atoms with Crippen molar-refractivity contribution in [1.82, 2.24) is 14.7 Å². The predicted molar refractivity (Wildman–Crippen MR) is 105 cm³/mol.